The first-order chi connectivity index (χ1) is 12.8. The third kappa shape index (κ3) is 5.20. The lowest BCUT2D eigenvalue weighted by molar-refractivity contribution is 0.0315. The van der Waals surface area contributed by atoms with Crippen LogP contribution >= 0.6 is 0 Å². The van der Waals surface area contributed by atoms with E-state index in [2.05, 4.69) is 28.1 Å². The number of likely N-dealkylation sites (tertiary alicyclic amines) is 1. The van der Waals surface area contributed by atoms with E-state index in [-0.39, 0.29) is 0 Å². The second-order valence-electron chi connectivity index (χ2n) is 6.99. The molecule has 0 spiro atoms. The van der Waals surface area contributed by atoms with Gasteiger partial charge in [0.1, 0.15) is 0 Å². The van der Waals surface area contributed by atoms with Crippen molar-refractivity contribution < 1.29 is 4.74 Å². The number of ether oxygens (including phenoxy) is 1. The average Bonchev–Trinajstić information content (AvgIpc) is 3.14. The molecule has 0 saturated carbocycles. The fourth-order valence-corrected chi connectivity index (χ4v) is 3.60. The van der Waals surface area contributed by atoms with Gasteiger partial charge in [-0.05, 0) is 37.0 Å². The Bertz CT molecular complexity index is 631. The summed E-state index contributed by atoms with van der Waals surface area (Å²) in [4.78, 5) is 9.73. The van der Waals surface area contributed by atoms with Crippen molar-refractivity contribution in [1.82, 2.24) is 15.1 Å². The summed E-state index contributed by atoms with van der Waals surface area (Å²) in [6.07, 6.45) is 1.22. The molecule has 26 heavy (non-hydrogen) atoms. The molecule has 2 fully saturated rings. The van der Waals surface area contributed by atoms with E-state index in [0.717, 1.165) is 64.0 Å². The summed E-state index contributed by atoms with van der Waals surface area (Å²) in [6.45, 7) is 10.8. The van der Waals surface area contributed by atoms with Crippen LogP contribution < -0.4 is 5.32 Å². The largest absolute Gasteiger partial charge is 0.379 e. The Hall–Kier alpha value is -2.10. The lowest BCUT2D eigenvalue weighted by atomic mass is 10.1. The number of guanidine groups is 1. The fourth-order valence-electron chi connectivity index (χ4n) is 3.60. The summed E-state index contributed by atoms with van der Waals surface area (Å²) >= 11 is 0. The van der Waals surface area contributed by atoms with Gasteiger partial charge in [0, 0.05) is 39.3 Å². The normalized spacial score (nSPS) is 21.6. The molecular formula is C20H29N5O. The maximum Gasteiger partial charge on any atom is 0.194 e. The zero-order valence-electron chi connectivity index (χ0n) is 15.7. The van der Waals surface area contributed by atoms with E-state index in [4.69, 9.17) is 15.0 Å². The summed E-state index contributed by atoms with van der Waals surface area (Å²) in [5.41, 5.74) is 1.82. The van der Waals surface area contributed by atoms with Crippen LogP contribution in [0, 0.1) is 17.2 Å². The first-order valence-electron chi connectivity index (χ1n) is 9.61. The Kier molecular flexibility index (Phi) is 6.87. The third-order valence-electron chi connectivity index (χ3n) is 5.03. The molecule has 0 aromatic heterocycles. The van der Waals surface area contributed by atoms with Crippen molar-refractivity contribution in [3.63, 3.8) is 0 Å². The van der Waals surface area contributed by atoms with Gasteiger partial charge in [0.15, 0.2) is 5.96 Å². The molecule has 2 aliphatic heterocycles. The first-order valence-corrected chi connectivity index (χ1v) is 9.61. The minimum Gasteiger partial charge on any atom is -0.379 e. The molecule has 0 aliphatic carbocycles. The summed E-state index contributed by atoms with van der Waals surface area (Å²) in [5, 5.41) is 12.3. The number of rotatable bonds is 5. The molecule has 1 aromatic rings. The van der Waals surface area contributed by atoms with Gasteiger partial charge in [0.25, 0.3) is 0 Å². The molecule has 1 atom stereocenters. The zero-order chi connectivity index (χ0) is 18.2. The van der Waals surface area contributed by atoms with Crippen LogP contribution in [-0.2, 0) is 11.3 Å². The highest BCUT2D eigenvalue weighted by Crippen LogP contribution is 2.18. The van der Waals surface area contributed by atoms with Crippen LogP contribution in [-0.4, -0.2) is 68.2 Å². The molecule has 2 heterocycles. The van der Waals surface area contributed by atoms with Crippen molar-refractivity contribution in [3.8, 4) is 6.07 Å². The van der Waals surface area contributed by atoms with Gasteiger partial charge < -0.3 is 15.0 Å². The molecule has 6 nitrogen and oxygen atoms in total. The van der Waals surface area contributed by atoms with E-state index in [9.17, 15) is 0 Å². The Labute approximate surface area is 156 Å². The van der Waals surface area contributed by atoms with Crippen molar-refractivity contribution in [2.75, 3.05) is 52.5 Å². The smallest absolute Gasteiger partial charge is 0.194 e. The Balaban J connectivity index is 1.55. The van der Waals surface area contributed by atoms with Crippen LogP contribution in [0.4, 0.5) is 0 Å². The number of nitrogens with zero attached hydrogens (tertiary/aromatic N) is 4. The number of aliphatic imine (C=N–C) groups is 1. The van der Waals surface area contributed by atoms with Gasteiger partial charge in [0.05, 0.1) is 31.4 Å². The SMILES string of the molecule is CCNC(=NCc1ccc(C#N)cc1)N1CCC(CN2CCOCC2)C1. The van der Waals surface area contributed by atoms with E-state index < -0.39 is 0 Å². The van der Waals surface area contributed by atoms with Crippen LogP contribution in [0.3, 0.4) is 0 Å². The molecule has 6 heteroatoms. The molecular weight excluding hydrogens is 326 g/mol. The standard InChI is InChI=1S/C20H29N5O/c1-2-22-20(23-14-18-5-3-17(13-21)4-6-18)25-8-7-19(16-25)15-24-9-11-26-12-10-24/h3-6,19H,2,7-12,14-16H2,1H3,(H,22,23). The topological polar surface area (TPSA) is 63.9 Å². The number of morpholine rings is 1. The van der Waals surface area contributed by atoms with Crippen LogP contribution in [0.25, 0.3) is 0 Å². The number of benzene rings is 1. The maximum atomic E-state index is 8.90. The van der Waals surface area contributed by atoms with Crippen molar-refractivity contribution >= 4 is 5.96 Å². The number of hydrogen-bond acceptors (Lipinski definition) is 4. The summed E-state index contributed by atoms with van der Waals surface area (Å²) in [5.74, 6) is 1.70. The second kappa shape index (κ2) is 9.56. The molecule has 0 amide bonds. The monoisotopic (exact) mass is 355 g/mol. The van der Waals surface area contributed by atoms with Gasteiger partial charge in [-0.25, -0.2) is 4.99 Å². The van der Waals surface area contributed by atoms with Gasteiger partial charge in [-0.15, -0.1) is 0 Å². The Morgan fingerprint density at radius 1 is 1.27 bits per heavy atom. The lowest BCUT2D eigenvalue weighted by Crippen LogP contribution is -2.42. The van der Waals surface area contributed by atoms with Crippen LogP contribution in [0.2, 0.25) is 0 Å². The number of nitriles is 1. The predicted octanol–water partition coefficient (Wildman–Crippen LogP) is 1.68. The summed E-state index contributed by atoms with van der Waals surface area (Å²) in [6, 6.07) is 9.83. The molecule has 0 bridgehead atoms. The molecule has 2 aliphatic rings. The summed E-state index contributed by atoms with van der Waals surface area (Å²) < 4.78 is 5.45. The van der Waals surface area contributed by atoms with E-state index in [1.807, 2.05) is 24.3 Å². The van der Waals surface area contributed by atoms with Crippen LogP contribution in [0.5, 0.6) is 0 Å². The van der Waals surface area contributed by atoms with Crippen molar-refractivity contribution in [1.29, 1.82) is 5.26 Å². The highest BCUT2D eigenvalue weighted by atomic mass is 16.5. The number of nitrogens with one attached hydrogen (secondary N) is 1. The van der Waals surface area contributed by atoms with Crippen molar-refractivity contribution in [3.05, 3.63) is 35.4 Å². The second-order valence-corrected chi connectivity index (χ2v) is 6.99. The van der Waals surface area contributed by atoms with Gasteiger partial charge in [-0.1, -0.05) is 12.1 Å². The molecule has 1 unspecified atom stereocenters. The highest BCUT2D eigenvalue weighted by Gasteiger charge is 2.27. The van der Waals surface area contributed by atoms with Crippen molar-refractivity contribution in [2.45, 2.75) is 19.9 Å². The summed E-state index contributed by atoms with van der Waals surface area (Å²) in [7, 11) is 0. The van der Waals surface area contributed by atoms with Crippen LogP contribution in [0.1, 0.15) is 24.5 Å². The molecule has 3 rings (SSSR count). The average molecular weight is 355 g/mol. The van der Waals surface area contributed by atoms with Crippen molar-refractivity contribution in [2.24, 2.45) is 10.9 Å². The fraction of sp³-hybridized carbons (Fsp3) is 0.600. The van der Waals surface area contributed by atoms with E-state index in [0.29, 0.717) is 18.0 Å². The van der Waals surface area contributed by atoms with Gasteiger partial charge >= 0.3 is 0 Å². The lowest BCUT2D eigenvalue weighted by Gasteiger charge is -2.29. The van der Waals surface area contributed by atoms with E-state index >= 15 is 0 Å². The maximum absolute atomic E-state index is 8.90. The third-order valence-corrected chi connectivity index (χ3v) is 5.03. The molecule has 2 saturated heterocycles. The Morgan fingerprint density at radius 3 is 2.73 bits per heavy atom. The first kappa shape index (κ1) is 18.7. The minimum absolute atomic E-state index is 0.638. The van der Waals surface area contributed by atoms with Crippen LogP contribution in [0.15, 0.2) is 29.3 Å². The highest BCUT2D eigenvalue weighted by molar-refractivity contribution is 5.80. The van der Waals surface area contributed by atoms with Gasteiger partial charge in [0.2, 0.25) is 0 Å². The van der Waals surface area contributed by atoms with Gasteiger partial charge in [-0.3, -0.25) is 4.90 Å². The molecule has 0 radical (unpaired) electrons. The quantitative estimate of drug-likeness (QED) is 0.643. The van der Waals surface area contributed by atoms with E-state index in [1.165, 1.54) is 6.42 Å². The Morgan fingerprint density at radius 2 is 2.04 bits per heavy atom. The van der Waals surface area contributed by atoms with E-state index in [1.54, 1.807) is 0 Å². The number of hydrogen-bond donors (Lipinski definition) is 1. The minimum atomic E-state index is 0.638. The zero-order valence-corrected chi connectivity index (χ0v) is 15.7. The molecule has 1 aromatic carbocycles. The van der Waals surface area contributed by atoms with Gasteiger partial charge in [-0.2, -0.15) is 5.26 Å². The predicted molar refractivity (Wildman–Crippen MR) is 103 cm³/mol. The molecule has 140 valence electrons. The molecule has 1 N–H and O–H groups in total.